The molecule has 2 N–H and O–H groups in total. The summed E-state index contributed by atoms with van der Waals surface area (Å²) in [6, 6.07) is 17.5. The van der Waals surface area contributed by atoms with E-state index in [-0.39, 0.29) is 28.6 Å². The fourth-order valence-corrected chi connectivity index (χ4v) is 4.05. The fourth-order valence-electron chi connectivity index (χ4n) is 3.65. The van der Waals surface area contributed by atoms with Crippen LogP contribution in [0.2, 0.25) is 5.02 Å². The van der Waals surface area contributed by atoms with Crippen molar-refractivity contribution < 1.29 is 23.9 Å². The highest BCUT2D eigenvalue weighted by Crippen LogP contribution is 2.31. The van der Waals surface area contributed by atoms with Crippen LogP contribution in [0.3, 0.4) is 0 Å². The number of ether oxygens (including phenoxy) is 1. The quantitative estimate of drug-likeness (QED) is 0.266. The average Bonchev–Trinajstić information content (AvgIpc) is 3.12. The highest BCUT2D eigenvalue weighted by molar-refractivity contribution is 6.53. The molecule has 38 heavy (non-hydrogen) atoms. The van der Waals surface area contributed by atoms with Gasteiger partial charge in [-0.1, -0.05) is 48.3 Å². The third kappa shape index (κ3) is 5.72. The molecule has 4 rings (SSSR count). The van der Waals surface area contributed by atoms with Crippen molar-refractivity contribution in [2.75, 3.05) is 22.1 Å². The average molecular weight is 552 g/mol. The molecule has 8 nitrogen and oxygen atoms in total. The van der Waals surface area contributed by atoms with Crippen molar-refractivity contribution in [1.82, 2.24) is 0 Å². The summed E-state index contributed by atoms with van der Waals surface area (Å²) < 4.78 is 5.13. The summed E-state index contributed by atoms with van der Waals surface area (Å²) in [6.07, 6.45) is 0.659. The topological polar surface area (TPSA) is 105 Å². The summed E-state index contributed by atoms with van der Waals surface area (Å²) in [5.74, 6) is -2.41. The van der Waals surface area contributed by atoms with E-state index in [1.165, 1.54) is 24.3 Å². The van der Waals surface area contributed by atoms with Gasteiger partial charge in [0.25, 0.3) is 17.7 Å². The molecule has 10 heteroatoms. The number of hydrogen-bond acceptors (Lipinski definition) is 6. The third-order valence-electron chi connectivity index (χ3n) is 5.63. The van der Waals surface area contributed by atoms with E-state index in [0.29, 0.717) is 28.4 Å². The first-order chi connectivity index (χ1) is 18.2. The molecule has 3 aromatic carbocycles. The molecule has 0 radical (unpaired) electrons. The molecule has 0 aromatic heterocycles. The molecule has 0 saturated carbocycles. The number of nitrogens with zero attached hydrogens (tertiary/aromatic N) is 1. The number of carbonyl (C=O) groups is 4. The molecule has 1 aliphatic heterocycles. The molecule has 0 aliphatic carbocycles. The van der Waals surface area contributed by atoms with Crippen LogP contribution in [0.25, 0.3) is 0 Å². The molecule has 194 valence electrons. The smallest absolute Gasteiger partial charge is 0.338 e. The molecule has 0 spiro atoms. The zero-order valence-electron chi connectivity index (χ0n) is 20.5. The van der Waals surface area contributed by atoms with Gasteiger partial charge in [0.15, 0.2) is 0 Å². The SMILES string of the molecule is CCCOC(=O)c1cccc(N2C(=O)C(Cl)=C(Nc3cccc(C(=O)Nc4ccc(C)c(Cl)c4)c3)C2=O)c1. The van der Waals surface area contributed by atoms with Crippen LogP contribution >= 0.6 is 23.2 Å². The Morgan fingerprint density at radius 1 is 0.895 bits per heavy atom. The lowest BCUT2D eigenvalue weighted by Gasteiger charge is -2.16. The number of hydrogen-bond donors (Lipinski definition) is 2. The second-order valence-electron chi connectivity index (χ2n) is 8.44. The Morgan fingerprint density at radius 3 is 2.37 bits per heavy atom. The number of benzene rings is 3. The van der Waals surface area contributed by atoms with Crippen molar-refractivity contribution in [3.8, 4) is 0 Å². The van der Waals surface area contributed by atoms with Crippen molar-refractivity contribution in [2.24, 2.45) is 0 Å². The zero-order valence-corrected chi connectivity index (χ0v) is 22.0. The molecule has 0 fully saturated rings. The Hall–Kier alpha value is -4.14. The lowest BCUT2D eigenvalue weighted by Crippen LogP contribution is -2.32. The zero-order chi connectivity index (χ0) is 27.4. The maximum atomic E-state index is 13.2. The van der Waals surface area contributed by atoms with Crippen LogP contribution in [-0.2, 0) is 14.3 Å². The number of esters is 1. The number of carbonyl (C=O) groups excluding carboxylic acids is 4. The second-order valence-corrected chi connectivity index (χ2v) is 9.23. The molecule has 0 atom stereocenters. The predicted octanol–water partition coefficient (Wildman–Crippen LogP) is 5.90. The maximum absolute atomic E-state index is 13.2. The highest BCUT2D eigenvalue weighted by Gasteiger charge is 2.39. The van der Waals surface area contributed by atoms with Crippen LogP contribution in [-0.4, -0.2) is 30.3 Å². The number of nitrogens with one attached hydrogen (secondary N) is 2. The van der Waals surface area contributed by atoms with Gasteiger partial charge in [-0.25, -0.2) is 9.69 Å². The number of amides is 3. The van der Waals surface area contributed by atoms with Gasteiger partial charge in [-0.2, -0.15) is 0 Å². The summed E-state index contributed by atoms with van der Waals surface area (Å²) in [7, 11) is 0. The molecule has 3 aromatic rings. The Bertz CT molecular complexity index is 1480. The minimum atomic E-state index is -0.747. The largest absolute Gasteiger partial charge is 0.462 e. The minimum absolute atomic E-state index is 0.154. The van der Waals surface area contributed by atoms with Crippen LogP contribution < -0.4 is 15.5 Å². The molecule has 0 unspecified atom stereocenters. The van der Waals surface area contributed by atoms with Crippen molar-refractivity contribution in [1.29, 1.82) is 0 Å². The molecule has 0 bridgehead atoms. The monoisotopic (exact) mass is 551 g/mol. The van der Waals surface area contributed by atoms with Crippen LogP contribution in [0, 0.1) is 6.92 Å². The van der Waals surface area contributed by atoms with Gasteiger partial charge in [-0.05, 0) is 67.4 Å². The van der Waals surface area contributed by atoms with Gasteiger partial charge in [-0.3, -0.25) is 14.4 Å². The van der Waals surface area contributed by atoms with E-state index in [2.05, 4.69) is 10.6 Å². The van der Waals surface area contributed by atoms with E-state index < -0.39 is 23.7 Å². The number of halogens is 2. The fraction of sp³-hybridized carbons (Fsp3) is 0.143. The first kappa shape index (κ1) is 26.9. The van der Waals surface area contributed by atoms with Crippen molar-refractivity contribution >= 4 is 64.0 Å². The Labute approximate surface area is 229 Å². The van der Waals surface area contributed by atoms with Gasteiger partial charge in [0, 0.05) is 22.0 Å². The molecule has 3 amide bonds. The first-order valence-electron chi connectivity index (χ1n) is 11.7. The predicted molar refractivity (Wildman–Crippen MR) is 147 cm³/mol. The van der Waals surface area contributed by atoms with E-state index >= 15 is 0 Å². The first-order valence-corrected chi connectivity index (χ1v) is 12.5. The second kappa shape index (κ2) is 11.5. The van der Waals surface area contributed by atoms with E-state index in [4.69, 9.17) is 27.9 Å². The van der Waals surface area contributed by atoms with Crippen LogP contribution in [0.4, 0.5) is 17.1 Å². The normalized spacial score (nSPS) is 13.1. The molecular weight excluding hydrogens is 529 g/mol. The maximum Gasteiger partial charge on any atom is 0.338 e. The van der Waals surface area contributed by atoms with E-state index in [0.717, 1.165) is 10.5 Å². The Morgan fingerprint density at radius 2 is 1.63 bits per heavy atom. The van der Waals surface area contributed by atoms with Crippen LogP contribution in [0.5, 0.6) is 0 Å². The van der Waals surface area contributed by atoms with Crippen molar-refractivity contribution in [3.05, 3.63) is 99.2 Å². The van der Waals surface area contributed by atoms with Gasteiger partial charge in [-0.15, -0.1) is 0 Å². The van der Waals surface area contributed by atoms with Crippen molar-refractivity contribution in [2.45, 2.75) is 20.3 Å². The minimum Gasteiger partial charge on any atom is -0.462 e. The molecular formula is C28H23Cl2N3O5. The van der Waals surface area contributed by atoms with Gasteiger partial charge in [0.05, 0.1) is 17.9 Å². The standard InChI is InChI=1S/C28H23Cl2N3O5/c1-3-12-38-28(37)18-7-5-9-21(14-18)33-26(35)23(30)24(27(33)36)31-19-8-4-6-17(13-19)25(34)32-20-11-10-16(2)22(29)15-20/h4-11,13-15,31H,3,12H2,1-2H3,(H,32,34). The third-order valence-corrected chi connectivity index (χ3v) is 6.39. The van der Waals surface area contributed by atoms with Crippen LogP contribution in [0.15, 0.2) is 77.5 Å². The summed E-state index contributed by atoms with van der Waals surface area (Å²) in [5.41, 5.74) is 2.30. The lowest BCUT2D eigenvalue weighted by molar-refractivity contribution is -0.120. The lowest BCUT2D eigenvalue weighted by atomic mass is 10.1. The summed E-state index contributed by atoms with van der Waals surface area (Å²) in [4.78, 5) is 52.0. The number of aryl methyl sites for hydroxylation is 1. The molecule has 1 aliphatic rings. The Kier molecular flexibility index (Phi) is 8.14. The highest BCUT2D eigenvalue weighted by atomic mass is 35.5. The molecule has 1 heterocycles. The summed E-state index contributed by atoms with van der Waals surface area (Å²) >= 11 is 12.4. The summed E-state index contributed by atoms with van der Waals surface area (Å²) in [6.45, 7) is 3.98. The number of rotatable bonds is 8. The number of imide groups is 1. The number of anilines is 3. The van der Waals surface area contributed by atoms with Crippen molar-refractivity contribution in [3.63, 3.8) is 0 Å². The van der Waals surface area contributed by atoms with Gasteiger partial charge >= 0.3 is 5.97 Å². The van der Waals surface area contributed by atoms with E-state index in [1.807, 2.05) is 13.8 Å². The van der Waals surface area contributed by atoms with Gasteiger partial charge in [0.1, 0.15) is 10.7 Å². The van der Waals surface area contributed by atoms with Gasteiger partial charge < -0.3 is 15.4 Å². The summed E-state index contributed by atoms with van der Waals surface area (Å²) in [5, 5.41) is 5.83. The van der Waals surface area contributed by atoms with Gasteiger partial charge in [0.2, 0.25) is 0 Å². The Balaban J connectivity index is 1.52. The van der Waals surface area contributed by atoms with E-state index in [1.54, 1.807) is 42.5 Å². The van der Waals surface area contributed by atoms with E-state index in [9.17, 15) is 19.2 Å². The van der Waals surface area contributed by atoms with Crippen LogP contribution in [0.1, 0.15) is 39.6 Å². The molecule has 0 saturated heterocycles.